The SMILES string of the molecule is N=C(N)CCCOc1ccc(F)c(C(F)(F)F)c1. The van der Waals surface area contributed by atoms with E-state index in [0.717, 1.165) is 6.07 Å². The van der Waals surface area contributed by atoms with Crippen molar-refractivity contribution >= 4 is 5.84 Å². The van der Waals surface area contributed by atoms with Crippen molar-refractivity contribution in [2.24, 2.45) is 5.73 Å². The molecule has 0 amide bonds. The number of nitrogens with two attached hydrogens (primary N) is 1. The Labute approximate surface area is 101 Å². The minimum Gasteiger partial charge on any atom is -0.494 e. The van der Waals surface area contributed by atoms with Gasteiger partial charge in [-0.2, -0.15) is 13.2 Å². The molecule has 0 radical (unpaired) electrons. The average molecular weight is 264 g/mol. The standard InChI is InChI=1S/C11H12F4N2O/c12-9-4-3-7(6-8(9)11(13,14)15)18-5-1-2-10(16)17/h3-4,6H,1-2,5H2,(H3,16,17). The first-order chi connectivity index (χ1) is 8.30. The predicted molar refractivity (Wildman–Crippen MR) is 58.0 cm³/mol. The van der Waals surface area contributed by atoms with E-state index in [1.54, 1.807) is 0 Å². The van der Waals surface area contributed by atoms with Gasteiger partial charge in [-0.25, -0.2) is 4.39 Å². The summed E-state index contributed by atoms with van der Waals surface area (Å²) in [5.74, 6) is -1.42. The minimum absolute atomic E-state index is 0.0197. The Hall–Kier alpha value is -1.79. The first-order valence-electron chi connectivity index (χ1n) is 5.13. The van der Waals surface area contributed by atoms with E-state index in [0.29, 0.717) is 25.0 Å². The molecule has 18 heavy (non-hydrogen) atoms. The summed E-state index contributed by atoms with van der Waals surface area (Å²) in [6, 6.07) is 2.45. The predicted octanol–water partition coefficient (Wildman–Crippen LogP) is 2.94. The van der Waals surface area contributed by atoms with Crippen LogP contribution in [0.4, 0.5) is 17.6 Å². The van der Waals surface area contributed by atoms with Gasteiger partial charge >= 0.3 is 6.18 Å². The Kier molecular flexibility index (Phi) is 4.52. The van der Waals surface area contributed by atoms with Crippen LogP contribution >= 0.6 is 0 Å². The highest BCUT2D eigenvalue weighted by atomic mass is 19.4. The lowest BCUT2D eigenvalue weighted by atomic mass is 10.2. The molecule has 0 atom stereocenters. The van der Waals surface area contributed by atoms with E-state index < -0.39 is 17.6 Å². The van der Waals surface area contributed by atoms with Crippen molar-refractivity contribution in [3.63, 3.8) is 0 Å². The number of rotatable bonds is 5. The third kappa shape index (κ3) is 4.23. The monoisotopic (exact) mass is 264 g/mol. The molecule has 100 valence electrons. The maximum atomic E-state index is 12.9. The quantitative estimate of drug-likeness (QED) is 0.372. The number of hydrogen-bond acceptors (Lipinski definition) is 2. The van der Waals surface area contributed by atoms with E-state index >= 15 is 0 Å². The van der Waals surface area contributed by atoms with E-state index in [1.807, 2.05) is 0 Å². The van der Waals surface area contributed by atoms with E-state index in [4.69, 9.17) is 15.9 Å². The summed E-state index contributed by atoms with van der Waals surface area (Å²) in [4.78, 5) is 0. The van der Waals surface area contributed by atoms with Crippen molar-refractivity contribution in [1.29, 1.82) is 5.41 Å². The number of ether oxygens (including phenoxy) is 1. The normalized spacial score (nSPS) is 11.3. The van der Waals surface area contributed by atoms with E-state index in [9.17, 15) is 17.6 Å². The fourth-order valence-electron chi connectivity index (χ4n) is 1.26. The van der Waals surface area contributed by atoms with Crippen molar-refractivity contribution in [3.8, 4) is 5.75 Å². The lowest BCUT2D eigenvalue weighted by Gasteiger charge is -2.11. The van der Waals surface area contributed by atoms with Crippen LogP contribution in [0.1, 0.15) is 18.4 Å². The largest absolute Gasteiger partial charge is 0.494 e. The minimum atomic E-state index is -4.75. The third-order valence-electron chi connectivity index (χ3n) is 2.10. The molecule has 0 unspecified atom stereocenters. The van der Waals surface area contributed by atoms with E-state index in [1.165, 1.54) is 0 Å². The average Bonchev–Trinajstić information content (AvgIpc) is 2.24. The summed E-state index contributed by atoms with van der Waals surface area (Å²) < 4.78 is 55.1. The Bertz CT molecular complexity index is 432. The summed E-state index contributed by atoms with van der Waals surface area (Å²) in [5, 5.41) is 6.95. The van der Waals surface area contributed by atoms with Gasteiger partial charge < -0.3 is 10.5 Å². The third-order valence-corrected chi connectivity index (χ3v) is 2.10. The Morgan fingerprint density at radius 3 is 2.56 bits per heavy atom. The number of amidine groups is 1. The molecular formula is C11H12F4N2O. The number of hydrogen-bond donors (Lipinski definition) is 2. The van der Waals surface area contributed by atoms with Crippen LogP contribution in [0.3, 0.4) is 0 Å². The van der Waals surface area contributed by atoms with Gasteiger partial charge in [0.05, 0.1) is 18.0 Å². The van der Waals surface area contributed by atoms with Crippen molar-refractivity contribution < 1.29 is 22.3 Å². The van der Waals surface area contributed by atoms with Crippen molar-refractivity contribution in [2.45, 2.75) is 19.0 Å². The van der Waals surface area contributed by atoms with Gasteiger partial charge in [0.15, 0.2) is 0 Å². The van der Waals surface area contributed by atoms with Crippen LogP contribution in [0.5, 0.6) is 5.75 Å². The molecule has 0 aliphatic rings. The van der Waals surface area contributed by atoms with Gasteiger partial charge in [0, 0.05) is 6.42 Å². The highest BCUT2D eigenvalue weighted by Crippen LogP contribution is 2.33. The first-order valence-corrected chi connectivity index (χ1v) is 5.13. The summed E-state index contributed by atoms with van der Waals surface area (Å²) in [5.41, 5.74) is 3.75. The van der Waals surface area contributed by atoms with Crippen LogP contribution < -0.4 is 10.5 Å². The maximum absolute atomic E-state index is 12.9. The highest BCUT2D eigenvalue weighted by molar-refractivity contribution is 5.76. The molecule has 0 aromatic heterocycles. The summed E-state index contributed by atoms with van der Waals surface area (Å²) in [7, 11) is 0. The zero-order valence-corrected chi connectivity index (χ0v) is 9.35. The Morgan fingerprint density at radius 1 is 1.33 bits per heavy atom. The van der Waals surface area contributed by atoms with Crippen LogP contribution in [-0.4, -0.2) is 12.4 Å². The van der Waals surface area contributed by atoms with Crippen molar-refractivity contribution in [2.75, 3.05) is 6.61 Å². The molecule has 0 fully saturated rings. The van der Waals surface area contributed by atoms with Crippen molar-refractivity contribution in [3.05, 3.63) is 29.6 Å². The molecule has 1 aromatic carbocycles. The fraction of sp³-hybridized carbons (Fsp3) is 0.364. The second-order valence-corrected chi connectivity index (χ2v) is 3.62. The second-order valence-electron chi connectivity index (χ2n) is 3.62. The molecule has 0 heterocycles. The lowest BCUT2D eigenvalue weighted by Crippen LogP contribution is -2.11. The number of nitrogens with one attached hydrogen (secondary N) is 1. The van der Waals surface area contributed by atoms with Crippen LogP contribution in [0, 0.1) is 11.2 Å². The molecule has 1 rings (SSSR count). The summed E-state index contributed by atoms with van der Waals surface area (Å²) >= 11 is 0. The van der Waals surface area contributed by atoms with Crippen LogP contribution in [-0.2, 0) is 6.18 Å². The highest BCUT2D eigenvalue weighted by Gasteiger charge is 2.34. The smallest absolute Gasteiger partial charge is 0.419 e. The molecule has 1 aromatic rings. The van der Waals surface area contributed by atoms with Gasteiger partial charge in [-0.15, -0.1) is 0 Å². The molecule has 0 saturated heterocycles. The molecule has 7 heteroatoms. The van der Waals surface area contributed by atoms with Crippen LogP contribution in [0.25, 0.3) is 0 Å². The maximum Gasteiger partial charge on any atom is 0.419 e. The molecular weight excluding hydrogens is 252 g/mol. The molecule has 0 spiro atoms. The zero-order chi connectivity index (χ0) is 13.8. The number of halogens is 4. The van der Waals surface area contributed by atoms with E-state index in [-0.39, 0.29) is 18.2 Å². The zero-order valence-electron chi connectivity index (χ0n) is 9.35. The van der Waals surface area contributed by atoms with Gasteiger partial charge in [0.25, 0.3) is 0 Å². The molecule has 0 aliphatic heterocycles. The topological polar surface area (TPSA) is 59.1 Å². The van der Waals surface area contributed by atoms with Gasteiger partial charge in [0.2, 0.25) is 0 Å². The lowest BCUT2D eigenvalue weighted by molar-refractivity contribution is -0.140. The van der Waals surface area contributed by atoms with E-state index in [2.05, 4.69) is 0 Å². The molecule has 3 N–H and O–H groups in total. The van der Waals surface area contributed by atoms with Gasteiger partial charge in [-0.1, -0.05) is 0 Å². The fourth-order valence-corrected chi connectivity index (χ4v) is 1.26. The summed E-state index contributed by atoms with van der Waals surface area (Å²) in [6.07, 6.45) is -4.04. The van der Waals surface area contributed by atoms with Gasteiger partial charge in [-0.3, -0.25) is 5.41 Å². The number of alkyl halides is 3. The molecule has 0 saturated carbocycles. The van der Waals surface area contributed by atoms with Crippen LogP contribution in [0.2, 0.25) is 0 Å². The van der Waals surface area contributed by atoms with Crippen molar-refractivity contribution in [1.82, 2.24) is 0 Å². The second kappa shape index (κ2) is 5.70. The molecule has 0 bridgehead atoms. The van der Waals surface area contributed by atoms with Crippen LogP contribution in [0.15, 0.2) is 18.2 Å². The Morgan fingerprint density at radius 2 is 2.00 bits per heavy atom. The molecule has 0 aliphatic carbocycles. The van der Waals surface area contributed by atoms with Gasteiger partial charge in [-0.05, 0) is 24.6 Å². The molecule has 3 nitrogen and oxygen atoms in total. The first kappa shape index (κ1) is 14.3. The number of benzene rings is 1. The van der Waals surface area contributed by atoms with Gasteiger partial charge in [0.1, 0.15) is 11.6 Å². The Balaban J connectivity index is 2.65. The summed E-state index contributed by atoms with van der Waals surface area (Å²) in [6.45, 7) is 0.114.